The molecular weight excluding hydrogens is 435 g/mol. The third-order valence-corrected chi connectivity index (χ3v) is 6.84. The molecule has 3 aromatic heterocycles. The van der Waals surface area contributed by atoms with E-state index in [0.717, 1.165) is 16.2 Å². The summed E-state index contributed by atoms with van der Waals surface area (Å²) in [6, 6.07) is 13.8. The second kappa shape index (κ2) is 8.24. The Morgan fingerprint density at radius 1 is 1.06 bits per heavy atom. The molecule has 0 saturated heterocycles. The lowest BCUT2D eigenvalue weighted by atomic mass is 10.2. The van der Waals surface area contributed by atoms with Crippen LogP contribution < -0.4 is 0 Å². The second-order valence-corrected chi connectivity index (χ2v) is 10.1. The van der Waals surface area contributed by atoms with E-state index < -0.39 is 9.84 Å². The molecule has 31 heavy (non-hydrogen) atoms. The number of hydrogen-bond donors (Lipinski definition) is 0. The van der Waals surface area contributed by atoms with Crippen molar-refractivity contribution >= 4 is 21.6 Å². The molecule has 0 bridgehead atoms. The molecule has 6 nitrogen and oxygen atoms in total. The van der Waals surface area contributed by atoms with Gasteiger partial charge in [-0.05, 0) is 48.9 Å². The maximum atomic E-state index is 14.1. The van der Waals surface area contributed by atoms with Gasteiger partial charge in [0, 0.05) is 36.2 Å². The lowest BCUT2D eigenvalue weighted by Crippen LogP contribution is -2.00. The van der Waals surface area contributed by atoms with Crippen LogP contribution in [-0.4, -0.2) is 34.2 Å². The van der Waals surface area contributed by atoms with Crippen molar-refractivity contribution < 1.29 is 12.8 Å². The summed E-state index contributed by atoms with van der Waals surface area (Å²) in [6.45, 7) is 1.72. The molecule has 9 heteroatoms. The van der Waals surface area contributed by atoms with Crippen molar-refractivity contribution in [2.24, 2.45) is 7.05 Å². The van der Waals surface area contributed by atoms with Crippen LogP contribution in [0.3, 0.4) is 0 Å². The highest BCUT2D eigenvalue weighted by molar-refractivity contribution is 7.99. The molecule has 0 radical (unpaired) electrons. The van der Waals surface area contributed by atoms with Crippen molar-refractivity contribution in [1.82, 2.24) is 19.5 Å². The topological polar surface area (TPSA) is 77.7 Å². The van der Waals surface area contributed by atoms with Gasteiger partial charge in [0.25, 0.3) is 0 Å². The van der Waals surface area contributed by atoms with Crippen molar-refractivity contribution in [3.05, 3.63) is 72.3 Å². The van der Waals surface area contributed by atoms with Crippen LogP contribution in [0, 0.1) is 12.7 Å². The molecule has 4 aromatic rings. The highest BCUT2D eigenvalue weighted by Gasteiger charge is 2.20. The Bertz CT molecular complexity index is 1350. The van der Waals surface area contributed by atoms with Gasteiger partial charge < -0.3 is 4.57 Å². The summed E-state index contributed by atoms with van der Waals surface area (Å²) in [7, 11) is -1.54. The van der Waals surface area contributed by atoms with Crippen LogP contribution in [0.1, 0.15) is 5.56 Å². The van der Waals surface area contributed by atoms with Gasteiger partial charge in [-0.3, -0.25) is 4.98 Å². The normalized spacial score (nSPS) is 11.6. The molecular formula is C22H19FN4O2S2. The smallest absolute Gasteiger partial charge is 0.192 e. The Hall–Kier alpha value is -3.04. The molecule has 4 rings (SSSR count). The monoisotopic (exact) mass is 454 g/mol. The molecule has 0 aliphatic heterocycles. The zero-order chi connectivity index (χ0) is 22.2. The van der Waals surface area contributed by atoms with Crippen LogP contribution >= 0.6 is 11.8 Å². The van der Waals surface area contributed by atoms with Crippen LogP contribution in [-0.2, 0) is 16.9 Å². The Balaban J connectivity index is 1.85. The number of sulfone groups is 1. The van der Waals surface area contributed by atoms with Crippen LogP contribution in [0.25, 0.3) is 22.8 Å². The average molecular weight is 455 g/mol. The molecule has 0 spiro atoms. The van der Waals surface area contributed by atoms with E-state index in [2.05, 4.69) is 9.97 Å². The summed E-state index contributed by atoms with van der Waals surface area (Å²) in [6.07, 6.45) is 4.29. The number of rotatable bonds is 5. The molecule has 158 valence electrons. The minimum atomic E-state index is -3.41. The van der Waals surface area contributed by atoms with E-state index in [-0.39, 0.29) is 10.8 Å². The van der Waals surface area contributed by atoms with Crippen LogP contribution in [0.5, 0.6) is 0 Å². The first-order valence-electron chi connectivity index (χ1n) is 9.32. The first-order chi connectivity index (χ1) is 14.7. The van der Waals surface area contributed by atoms with Crippen molar-refractivity contribution in [3.8, 4) is 22.8 Å². The van der Waals surface area contributed by atoms with Crippen molar-refractivity contribution in [2.75, 3.05) is 6.26 Å². The van der Waals surface area contributed by atoms with E-state index in [4.69, 9.17) is 4.98 Å². The summed E-state index contributed by atoms with van der Waals surface area (Å²) in [5.74, 6) is 0.357. The molecule has 0 unspecified atom stereocenters. The zero-order valence-corrected chi connectivity index (χ0v) is 18.7. The highest BCUT2D eigenvalue weighted by atomic mass is 32.2. The van der Waals surface area contributed by atoms with Gasteiger partial charge in [-0.25, -0.2) is 22.8 Å². The van der Waals surface area contributed by atoms with E-state index in [0.29, 0.717) is 28.3 Å². The van der Waals surface area contributed by atoms with Gasteiger partial charge in [0.15, 0.2) is 20.7 Å². The maximum Gasteiger partial charge on any atom is 0.192 e. The summed E-state index contributed by atoms with van der Waals surface area (Å²) >= 11 is 1.37. The second-order valence-electron chi connectivity index (χ2n) is 7.03. The van der Waals surface area contributed by atoms with Gasteiger partial charge in [-0.15, -0.1) is 0 Å². The lowest BCUT2D eigenvalue weighted by molar-refractivity contribution is 0.598. The number of benzene rings is 1. The number of aromatic nitrogens is 4. The molecule has 0 amide bonds. The van der Waals surface area contributed by atoms with E-state index in [1.54, 1.807) is 25.3 Å². The first-order valence-corrected chi connectivity index (χ1v) is 12.0. The summed E-state index contributed by atoms with van der Waals surface area (Å²) in [4.78, 5) is 14.0. The molecule has 0 atom stereocenters. The first kappa shape index (κ1) is 21.2. The molecule has 1 aromatic carbocycles. The molecule has 0 N–H and O–H groups in total. The minimum Gasteiger partial charge on any atom is -0.320 e. The zero-order valence-electron chi connectivity index (χ0n) is 17.1. The number of aryl methyl sites for hydroxylation is 1. The van der Waals surface area contributed by atoms with Gasteiger partial charge in [-0.2, -0.15) is 0 Å². The van der Waals surface area contributed by atoms with Crippen molar-refractivity contribution in [3.63, 3.8) is 0 Å². The largest absolute Gasteiger partial charge is 0.320 e. The van der Waals surface area contributed by atoms with Gasteiger partial charge >= 0.3 is 0 Å². The Morgan fingerprint density at radius 2 is 1.87 bits per heavy atom. The predicted octanol–water partition coefficient (Wildman–Crippen LogP) is 4.55. The SMILES string of the molecule is Cc1ccc(Sc2c(-c3ccc(S(C)(=O)=O)nc3)nc(-c3ccccn3)n2C)cc1F. The maximum absolute atomic E-state index is 14.1. The van der Waals surface area contributed by atoms with Gasteiger partial charge in [0.2, 0.25) is 0 Å². The number of halogens is 1. The molecule has 0 aliphatic rings. The van der Waals surface area contributed by atoms with E-state index >= 15 is 0 Å². The Kier molecular flexibility index (Phi) is 5.63. The molecule has 3 heterocycles. The van der Waals surface area contributed by atoms with Crippen molar-refractivity contribution in [1.29, 1.82) is 0 Å². The van der Waals surface area contributed by atoms with E-state index in [1.807, 2.05) is 35.9 Å². The number of imidazole rings is 1. The quantitative estimate of drug-likeness (QED) is 0.440. The molecule has 0 fully saturated rings. The minimum absolute atomic E-state index is 0.00746. The molecule has 0 saturated carbocycles. The van der Waals surface area contributed by atoms with Crippen LogP contribution in [0.15, 0.2) is 75.9 Å². The highest BCUT2D eigenvalue weighted by Crippen LogP contribution is 2.38. The third kappa shape index (κ3) is 4.38. The fourth-order valence-corrected chi connectivity index (χ4v) is 4.57. The number of hydrogen-bond acceptors (Lipinski definition) is 6. The number of nitrogens with zero attached hydrogens (tertiary/aromatic N) is 4. The predicted molar refractivity (Wildman–Crippen MR) is 118 cm³/mol. The summed E-state index contributed by atoms with van der Waals surface area (Å²) in [5, 5.41) is 0.754. The average Bonchev–Trinajstić information content (AvgIpc) is 3.07. The third-order valence-electron chi connectivity index (χ3n) is 4.68. The Labute approximate surface area is 184 Å². The van der Waals surface area contributed by atoms with Crippen molar-refractivity contribution in [2.45, 2.75) is 21.9 Å². The number of pyridine rings is 2. The standard InChI is InChI=1S/C22H19FN4O2S2/c1-14-7-9-16(12-17(14)23)30-22-20(15-8-10-19(25-13-15)31(3,28)29)26-21(27(22)2)18-6-4-5-11-24-18/h4-13H,1-3H3. The van der Waals surface area contributed by atoms with Crippen LogP contribution in [0.2, 0.25) is 0 Å². The van der Waals surface area contributed by atoms with Gasteiger partial charge in [-0.1, -0.05) is 23.9 Å². The fourth-order valence-electron chi connectivity index (χ4n) is 3.00. The van der Waals surface area contributed by atoms with E-state index in [9.17, 15) is 12.8 Å². The Morgan fingerprint density at radius 3 is 2.48 bits per heavy atom. The van der Waals surface area contributed by atoms with Crippen LogP contribution in [0.4, 0.5) is 4.39 Å². The van der Waals surface area contributed by atoms with E-state index in [1.165, 1.54) is 30.1 Å². The lowest BCUT2D eigenvalue weighted by Gasteiger charge is -2.08. The summed E-state index contributed by atoms with van der Waals surface area (Å²) in [5.41, 5.74) is 2.53. The molecule has 0 aliphatic carbocycles. The van der Waals surface area contributed by atoms with Gasteiger partial charge in [0.1, 0.15) is 22.2 Å². The summed E-state index contributed by atoms with van der Waals surface area (Å²) < 4.78 is 39.5. The van der Waals surface area contributed by atoms with Gasteiger partial charge in [0.05, 0.1) is 0 Å². The fraction of sp³-hybridized carbons (Fsp3) is 0.136.